The molecule has 0 saturated heterocycles. The molecule has 1 aliphatic heterocycles. The number of carbonyl (C=O) groups is 2. The molecular weight excluding hydrogens is 452 g/mol. The van der Waals surface area contributed by atoms with E-state index in [-0.39, 0.29) is 18.2 Å². The molecule has 3 aromatic rings. The average Bonchev–Trinajstić information content (AvgIpc) is 3.24. The molecule has 4 rings (SSSR count). The van der Waals surface area contributed by atoms with E-state index in [0.717, 1.165) is 20.5 Å². The van der Waals surface area contributed by atoms with E-state index in [0.29, 0.717) is 28.4 Å². The summed E-state index contributed by atoms with van der Waals surface area (Å²) in [5.74, 6) is 0.996. The van der Waals surface area contributed by atoms with Crippen molar-refractivity contribution < 1.29 is 19.1 Å². The van der Waals surface area contributed by atoms with Crippen molar-refractivity contribution in [2.24, 2.45) is 0 Å². The van der Waals surface area contributed by atoms with Crippen LogP contribution in [0.25, 0.3) is 6.08 Å². The number of fused-ring (bicyclic) bond motifs is 1. The number of ether oxygens (including phenoxy) is 2. The third kappa shape index (κ3) is 4.04. The van der Waals surface area contributed by atoms with Crippen molar-refractivity contribution in [3.8, 4) is 11.5 Å². The van der Waals surface area contributed by atoms with Crippen molar-refractivity contribution in [1.82, 2.24) is 0 Å². The molecule has 6 heteroatoms. The summed E-state index contributed by atoms with van der Waals surface area (Å²) in [6.07, 6.45) is 1.78. The molecule has 0 atom stereocenters. The second-order valence-electron chi connectivity index (χ2n) is 6.74. The zero-order valence-electron chi connectivity index (χ0n) is 15.8. The van der Waals surface area contributed by atoms with Gasteiger partial charge >= 0.3 is 0 Å². The number of thiophene rings is 1. The Morgan fingerprint density at radius 2 is 1.90 bits per heavy atom. The molecule has 4 nitrogen and oxygen atoms in total. The molecule has 0 aliphatic carbocycles. The van der Waals surface area contributed by atoms with Gasteiger partial charge in [-0.05, 0) is 54.6 Å². The normalized spacial score (nSPS) is 14.0. The Balaban J connectivity index is 1.52. The van der Waals surface area contributed by atoms with Gasteiger partial charge in [-0.25, -0.2) is 0 Å². The van der Waals surface area contributed by atoms with Gasteiger partial charge in [-0.15, -0.1) is 11.3 Å². The van der Waals surface area contributed by atoms with Crippen LogP contribution in [0.1, 0.15) is 36.7 Å². The number of rotatable bonds is 5. The molecule has 0 unspecified atom stereocenters. The van der Waals surface area contributed by atoms with Gasteiger partial charge in [0.1, 0.15) is 11.5 Å². The van der Waals surface area contributed by atoms with Gasteiger partial charge in [0.2, 0.25) is 5.78 Å². The van der Waals surface area contributed by atoms with Crippen molar-refractivity contribution in [3.63, 3.8) is 0 Å². The standard InChI is InChI=1S/C23H17BrO4S/c1-13-7-8-29-21(13)11-20-23(26)22-14(2)9-17(10-19(22)28-20)27-12-18(25)15-3-5-16(24)6-4-15/h3-11H,12H2,1-2H3/b20-11-. The van der Waals surface area contributed by atoms with Crippen molar-refractivity contribution >= 4 is 44.9 Å². The first-order chi connectivity index (χ1) is 13.9. The minimum absolute atomic E-state index is 0.0924. The van der Waals surface area contributed by atoms with Gasteiger partial charge < -0.3 is 9.47 Å². The zero-order valence-corrected chi connectivity index (χ0v) is 18.2. The molecule has 0 saturated carbocycles. The third-order valence-electron chi connectivity index (χ3n) is 4.64. The highest BCUT2D eigenvalue weighted by Crippen LogP contribution is 2.38. The summed E-state index contributed by atoms with van der Waals surface area (Å²) in [6, 6.07) is 12.5. The maximum absolute atomic E-state index is 12.8. The van der Waals surface area contributed by atoms with E-state index < -0.39 is 0 Å². The predicted molar refractivity (Wildman–Crippen MR) is 117 cm³/mol. The minimum Gasteiger partial charge on any atom is -0.485 e. The van der Waals surface area contributed by atoms with Gasteiger partial charge in [-0.1, -0.05) is 28.1 Å². The summed E-state index contributed by atoms with van der Waals surface area (Å²) in [7, 11) is 0. The number of hydrogen-bond donors (Lipinski definition) is 0. The van der Waals surface area contributed by atoms with Gasteiger partial charge in [0.05, 0.1) is 5.56 Å². The van der Waals surface area contributed by atoms with Gasteiger partial charge in [-0.2, -0.15) is 0 Å². The molecule has 0 amide bonds. The topological polar surface area (TPSA) is 52.6 Å². The lowest BCUT2D eigenvalue weighted by Gasteiger charge is -2.09. The maximum atomic E-state index is 12.8. The molecule has 0 spiro atoms. The predicted octanol–water partition coefficient (Wildman–Crippen LogP) is 6.01. The summed E-state index contributed by atoms with van der Waals surface area (Å²) in [5.41, 5.74) is 2.97. The van der Waals surface area contributed by atoms with Gasteiger partial charge in [-0.3, -0.25) is 9.59 Å². The van der Waals surface area contributed by atoms with E-state index in [4.69, 9.17) is 9.47 Å². The van der Waals surface area contributed by atoms with Crippen LogP contribution in [-0.2, 0) is 0 Å². The van der Waals surface area contributed by atoms with Crippen molar-refractivity contribution in [2.45, 2.75) is 13.8 Å². The monoisotopic (exact) mass is 468 g/mol. The van der Waals surface area contributed by atoms with E-state index in [1.54, 1.807) is 41.7 Å². The molecule has 1 aromatic heterocycles. The Bertz CT molecular complexity index is 1140. The number of benzene rings is 2. The van der Waals surface area contributed by atoms with E-state index >= 15 is 0 Å². The first kappa shape index (κ1) is 19.6. The third-order valence-corrected chi connectivity index (χ3v) is 6.14. The second-order valence-corrected chi connectivity index (χ2v) is 8.60. The molecule has 146 valence electrons. The Hall–Kier alpha value is -2.70. The first-order valence-electron chi connectivity index (χ1n) is 8.97. The van der Waals surface area contributed by atoms with Crippen molar-refractivity contribution in [1.29, 1.82) is 0 Å². The summed E-state index contributed by atoms with van der Waals surface area (Å²) >= 11 is 4.91. The number of aryl methyl sites for hydroxylation is 2. The van der Waals surface area contributed by atoms with E-state index in [1.807, 2.05) is 37.4 Å². The first-order valence-corrected chi connectivity index (χ1v) is 10.6. The fourth-order valence-electron chi connectivity index (χ4n) is 3.08. The largest absolute Gasteiger partial charge is 0.485 e. The highest BCUT2D eigenvalue weighted by molar-refractivity contribution is 9.10. The van der Waals surface area contributed by atoms with Crippen LogP contribution in [0.4, 0.5) is 0 Å². The van der Waals surface area contributed by atoms with E-state index in [9.17, 15) is 9.59 Å². The van der Waals surface area contributed by atoms with Crippen LogP contribution >= 0.6 is 27.3 Å². The fourth-order valence-corrected chi connectivity index (χ4v) is 4.19. The number of hydrogen-bond acceptors (Lipinski definition) is 5. The Morgan fingerprint density at radius 1 is 1.14 bits per heavy atom. The van der Waals surface area contributed by atoms with Crippen LogP contribution in [0, 0.1) is 13.8 Å². The van der Waals surface area contributed by atoms with E-state index in [2.05, 4.69) is 15.9 Å². The van der Waals surface area contributed by atoms with E-state index in [1.165, 1.54) is 0 Å². The number of carbonyl (C=O) groups excluding carboxylic acids is 2. The van der Waals surface area contributed by atoms with Crippen molar-refractivity contribution in [2.75, 3.05) is 6.61 Å². The highest BCUT2D eigenvalue weighted by Gasteiger charge is 2.30. The molecule has 2 heterocycles. The Morgan fingerprint density at radius 3 is 2.59 bits per heavy atom. The van der Waals surface area contributed by atoms with Crippen LogP contribution in [0.2, 0.25) is 0 Å². The van der Waals surface area contributed by atoms with Gasteiger partial charge in [0.15, 0.2) is 18.1 Å². The van der Waals surface area contributed by atoms with Crippen LogP contribution in [-0.4, -0.2) is 18.2 Å². The molecule has 0 N–H and O–H groups in total. The van der Waals surface area contributed by atoms with Gasteiger partial charge in [0.25, 0.3) is 0 Å². The maximum Gasteiger partial charge on any atom is 0.232 e. The average molecular weight is 469 g/mol. The van der Waals surface area contributed by atoms with Crippen LogP contribution in [0.5, 0.6) is 11.5 Å². The molecular formula is C23H17BrO4S. The molecule has 0 fully saturated rings. The van der Waals surface area contributed by atoms with Crippen LogP contribution in [0.15, 0.2) is 58.1 Å². The smallest absolute Gasteiger partial charge is 0.232 e. The number of Topliss-reactive ketones (excluding diaryl/α,β-unsaturated/α-hetero) is 2. The molecule has 0 bridgehead atoms. The SMILES string of the molecule is Cc1ccsc1/C=C1\Oc2cc(OCC(=O)c3ccc(Br)cc3)cc(C)c2C1=O. The number of ketones is 2. The summed E-state index contributed by atoms with van der Waals surface area (Å²) in [6.45, 7) is 3.74. The zero-order chi connectivity index (χ0) is 20.5. The lowest BCUT2D eigenvalue weighted by Crippen LogP contribution is -2.11. The molecule has 2 aromatic carbocycles. The highest BCUT2D eigenvalue weighted by atomic mass is 79.9. The fraction of sp³-hybridized carbons (Fsp3) is 0.130. The molecule has 0 radical (unpaired) electrons. The van der Waals surface area contributed by atoms with Gasteiger partial charge in [0, 0.05) is 27.1 Å². The summed E-state index contributed by atoms with van der Waals surface area (Å²) in [4.78, 5) is 26.1. The number of halogens is 1. The summed E-state index contributed by atoms with van der Waals surface area (Å²) < 4.78 is 12.4. The lowest BCUT2D eigenvalue weighted by molar-refractivity contribution is 0.0920. The van der Waals surface area contributed by atoms with Crippen LogP contribution in [0.3, 0.4) is 0 Å². The van der Waals surface area contributed by atoms with Crippen molar-refractivity contribution in [3.05, 3.63) is 85.2 Å². The summed E-state index contributed by atoms with van der Waals surface area (Å²) in [5, 5.41) is 1.98. The lowest BCUT2D eigenvalue weighted by atomic mass is 10.0. The Labute approximate surface area is 180 Å². The minimum atomic E-state index is -0.136. The molecule has 29 heavy (non-hydrogen) atoms. The number of allylic oxidation sites excluding steroid dienone is 1. The van der Waals surface area contributed by atoms with Crippen LogP contribution < -0.4 is 9.47 Å². The Kier molecular flexibility index (Phi) is 5.39. The quantitative estimate of drug-likeness (QED) is 0.340. The molecule has 1 aliphatic rings. The second kappa shape index (κ2) is 7.97.